The van der Waals surface area contributed by atoms with E-state index in [2.05, 4.69) is 20.0 Å². The Morgan fingerprint density at radius 2 is 2.00 bits per heavy atom. The van der Waals surface area contributed by atoms with Crippen molar-refractivity contribution >= 4 is 27.5 Å². The van der Waals surface area contributed by atoms with Gasteiger partial charge in [0.05, 0.1) is 17.8 Å². The molecule has 0 radical (unpaired) electrons. The summed E-state index contributed by atoms with van der Waals surface area (Å²) in [7, 11) is -4.03. The van der Waals surface area contributed by atoms with Gasteiger partial charge in [-0.15, -0.1) is 0 Å². The van der Waals surface area contributed by atoms with Gasteiger partial charge in [-0.1, -0.05) is 30.3 Å². The summed E-state index contributed by atoms with van der Waals surface area (Å²) in [6.07, 6.45) is 2.96. The van der Waals surface area contributed by atoms with Crippen molar-refractivity contribution in [1.29, 1.82) is 0 Å². The van der Waals surface area contributed by atoms with Gasteiger partial charge in [-0.05, 0) is 17.7 Å². The van der Waals surface area contributed by atoms with Crippen LogP contribution >= 0.6 is 0 Å². The summed E-state index contributed by atoms with van der Waals surface area (Å²) in [5, 5.41) is 12.2. The minimum Gasteiger partial charge on any atom is -0.508 e. The highest BCUT2D eigenvalue weighted by Gasteiger charge is 2.30. The van der Waals surface area contributed by atoms with Crippen molar-refractivity contribution in [3.63, 3.8) is 0 Å². The van der Waals surface area contributed by atoms with E-state index in [-0.39, 0.29) is 34.6 Å². The lowest BCUT2D eigenvalue weighted by atomic mass is 9.99. The first-order chi connectivity index (χ1) is 13.9. The lowest BCUT2D eigenvalue weighted by Crippen LogP contribution is -2.45. The zero-order valence-corrected chi connectivity index (χ0v) is 15.8. The standard InChI is InChI=1S/C19H16N4O5S/c24-13-6-7-15-16(10-13)29(26,27)23-17(22-15)18(25)21-11-14(19-20-8-9-28-19)12-4-2-1-3-5-12/h1-10,14,24H,11H2,(H,21,25)(H,22,23). The van der Waals surface area contributed by atoms with Crippen LogP contribution in [0.25, 0.3) is 0 Å². The number of phenolic OH excluding ortho intramolecular Hbond substituents is 1. The quantitative estimate of drug-likeness (QED) is 0.583. The summed E-state index contributed by atoms with van der Waals surface area (Å²) in [5.74, 6) is -1.21. The SMILES string of the molecule is O=C(NCC(c1ccccc1)c1ncco1)C1=Nc2ccc(O)cc2S(=O)(=O)N1. The highest BCUT2D eigenvalue weighted by molar-refractivity contribution is 7.90. The largest absolute Gasteiger partial charge is 0.508 e. The molecule has 2 aromatic carbocycles. The van der Waals surface area contributed by atoms with E-state index in [1.54, 1.807) is 0 Å². The number of amidine groups is 1. The Hall–Kier alpha value is -3.66. The second-order valence-corrected chi connectivity index (χ2v) is 7.91. The number of benzene rings is 2. The molecule has 0 aliphatic carbocycles. The van der Waals surface area contributed by atoms with Crippen molar-refractivity contribution in [2.75, 3.05) is 6.54 Å². The van der Waals surface area contributed by atoms with Gasteiger partial charge in [0.2, 0.25) is 11.7 Å². The molecule has 1 aliphatic rings. The fraction of sp³-hybridized carbons (Fsp3) is 0.105. The molecule has 0 spiro atoms. The Bertz CT molecular complexity index is 1170. The Morgan fingerprint density at radius 3 is 2.72 bits per heavy atom. The molecule has 3 aromatic rings. The molecule has 9 nitrogen and oxygen atoms in total. The number of rotatable bonds is 5. The highest BCUT2D eigenvalue weighted by Crippen LogP contribution is 2.30. The number of fused-ring (bicyclic) bond motifs is 1. The number of aromatic nitrogens is 1. The van der Waals surface area contributed by atoms with E-state index in [4.69, 9.17) is 4.42 Å². The molecule has 1 aromatic heterocycles. The topological polar surface area (TPSA) is 134 Å². The van der Waals surface area contributed by atoms with Gasteiger partial charge in [-0.3, -0.25) is 9.52 Å². The number of carbonyl (C=O) groups is 1. The molecule has 4 rings (SSSR count). The number of aliphatic imine (C=N–C) groups is 1. The van der Waals surface area contributed by atoms with Gasteiger partial charge < -0.3 is 14.8 Å². The molecule has 1 atom stereocenters. The van der Waals surface area contributed by atoms with Crippen LogP contribution in [-0.2, 0) is 14.8 Å². The Labute approximate surface area is 166 Å². The second kappa shape index (κ2) is 7.40. The lowest BCUT2D eigenvalue weighted by Gasteiger charge is -2.19. The van der Waals surface area contributed by atoms with Crippen LogP contribution in [0.4, 0.5) is 5.69 Å². The monoisotopic (exact) mass is 412 g/mol. The average Bonchev–Trinajstić information content (AvgIpc) is 3.23. The normalized spacial score (nSPS) is 15.5. The molecule has 148 valence electrons. The molecule has 0 saturated carbocycles. The summed E-state index contributed by atoms with van der Waals surface area (Å²) in [6, 6.07) is 13.1. The molecule has 10 heteroatoms. The zero-order valence-electron chi connectivity index (χ0n) is 14.9. The Morgan fingerprint density at radius 1 is 1.21 bits per heavy atom. The minimum atomic E-state index is -4.03. The maximum Gasteiger partial charge on any atom is 0.287 e. The first kappa shape index (κ1) is 18.7. The number of nitrogens with one attached hydrogen (secondary N) is 2. The number of carbonyl (C=O) groups excluding carboxylic acids is 1. The maximum absolute atomic E-state index is 12.6. The first-order valence-electron chi connectivity index (χ1n) is 8.61. The van der Waals surface area contributed by atoms with E-state index < -0.39 is 15.9 Å². The first-order valence-corrected chi connectivity index (χ1v) is 10.1. The van der Waals surface area contributed by atoms with Gasteiger partial charge in [0.1, 0.15) is 16.9 Å². The van der Waals surface area contributed by atoms with Crippen molar-refractivity contribution in [2.45, 2.75) is 10.8 Å². The van der Waals surface area contributed by atoms with Crippen LogP contribution in [0.2, 0.25) is 0 Å². The number of sulfonamides is 1. The number of hydrogen-bond donors (Lipinski definition) is 3. The van der Waals surface area contributed by atoms with Crippen LogP contribution < -0.4 is 10.0 Å². The van der Waals surface area contributed by atoms with Crippen LogP contribution in [0.3, 0.4) is 0 Å². The van der Waals surface area contributed by atoms with Crippen molar-refractivity contribution in [2.24, 2.45) is 4.99 Å². The smallest absolute Gasteiger partial charge is 0.287 e. The van der Waals surface area contributed by atoms with Gasteiger partial charge in [-0.25, -0.2) is 18.4 Å². The zero-order chi connectivity index (χ0) is 20.4. The number of aromatic hydroxyl groups is 1. The predicted molar refractivity (Wildman–Crippen MR) is 103 cm³/mol. The van der Waals surface area contributed by atoms with Crippen molar-refractivity contribution < 1.29 is 22.7 Å². The third kappa shape index (κ3) is 3.83. The Balaban J connectivity index is 1.57. The van der Waals surface area contributed by atoms with E-state index in [0.717, 1.165) is 11.6 Å². The number of phenols is 1. The molecule has 0 saturated heterocycles. The molecule has 3 N–H and O–H groups in total. The van der Waals surface area contributed by atoms with Gasteiger partial charge in [0, 0.05) is 12.6 Å². The summed E-state index contributed by atoms with van der Waals surface area (Å²) in [6.45, 7) is 0.118. The third-order valence-electron chi connectivity index (χ3n) is 4.33. The molecule has 1 amide bonds. The van der Waals surface area contributed by atoms with E-state index in [0.29, 0.717) is 5.89 Å². The highest BCUT2D eigenvalue weighted by atomic mass is 32.2. The molecular weight excluding hydrogens is 396 g/mol. The predicted octanol–water partition coefficient (Wildman–Crippen LogP) is 1.65. The maximum atomic E-state index is 12.6. The fourth-order valence-electron chi connectivity index (χ4n) is 2.95. The summed E-state index contributed by atoms with van der Waals surface area (Å²) >= 11 is 0. The fourth-order valence-corrected chi connectivity index (χ4v) is 4.12. The van der Waals surface area contributed by atoms with Crippen LogP contribution in [-0.4, -0.2) is 36.8 Å². The molecule has 1 aliphatic heterocycles. The minimum absolute atomic E-state index is 0.0685. The average molecular weight is 412 g/mol. The van der Waals surface area contributed by atoms with E-state index in [9.17, 15) is 18.3 Å². The van der Waals surface area contributed by atoms with Crippen LogP contribution in [0, 0.1) is 0 Å². The van der Waals surface area contributed by atoms with Crippen molar-refractivity contribution in [3.8, 4) is 5.75 Å². The Kier molecular flexibility index (Phi) is 4.77. The van der Waals surface area contributed by atoms with Crippen molar-refractivity contribution in [1.82, 2.24) is 15.0 Å². The summed E-state index contributed by atoms with van der Waals surface area (Å²) in [5.41, 5.74) is 0.946. The van der Waals surface area contributed by atoms with Crippen molar-refractivity contribution in [3.05, 3.63) is 72.4 Å². The van der Waals surface area contributed by atoms with Crippen LogP contribution in [0.15, 0.2) is 75.3 Å². The van der Waals surface area contributed by atoms with Gasteiger partial charge >= 0.3 is 0 Å². The third-order valence-corrected chi connectivity index (χ3v) is 5.70. The second-order valence-electron chi connectivity index (χ2n) is 6.26. The number of amides is 1. The molecular formula is C19H16N4O5S. The number of nitrogens with zero attached hydrogens (tertiary/aromatic N) is 2. The van der Waals surface area contributed by atoms with E-state index in [1.807, 2.05) is 30.3 Å². The molecule has 29 heavy (non-hydrogen) atoms. The van der Waals surface area contributed by atoms with Crippen LogP contribution in [0.1, 0.15) is 17.4 Å². The van der Waals surface area contributed by atoms with E-state index in [1.165, 1.54) is 24.6 Å². The number of oxazole rings is 1. The lowest BCUT2D eigenvalue weighted by molar-refractivity contribution is -0.115. The molecule has 2 heterocycles. The summed E-state index contributed by atoms with van der Waals surface area (Å²) < 4.78 is 32.3. The molecule has 0 bridgehead atoms. The van der Waals surface area contributed by atoms with Gasteiger partial charge in [0.15, 0.2) is 0 Å². The van der Waals surface area contributed by atoms with Gasteiger partial charge in [0.25, 0.3) is 15.9 Å². The van der Waals surface area contributed by atoms with Gasteiger partial charge in [-0.2, -0.15) is 0 Å². The van der Waals surface area contributed by atoms with E-state index >= 15 is 0 Å². The molecule has 1 unspecified atom stereocenters. The van der Waals surface area contributed by atoms with Crippen LogP contribution in [0.5, 0.6) is 5.75 Å². The molecule has 0 fully saturated rings. The number of hydrogen-bond acceptors (Lipinski definition) is 7. The summed E-state index contributed by atoms with van der Waals surface area (Å²) in [4.78, 5) is 20.6.